The Morgan fingerprint density at radius 3 is 2.66 bits per heavy atom. The number of hydrogen-bond donors (Lipinski definition) is 0. The summed E-state index contributed by atoms with van der Waals surface area (Å²) in [6.07, 6.45) is 12.9. The lowest BCUT2D eigenvalue weighted by atomic mass is 9.46. The van der Waals surface area contributed by atoms with Crippen molar-refractivity contribution < 1.29 is 23.9 Å². The van der Waals surface area contributed by atoms with E-state index in [0.717, 1.165) is 24.8 Å². The molecule has 1 spiro atoms. The second kappa shape index (κ2) is 6.31. The summed E-state index contributed by atoms with van der Waals surface area (Å²) in [5, 5.41) is 0. The van der Waals surface area contributed by atoms with Crippen molar-refractivity contribution >= 4 is 17.5 Å². The van der Waals surface area contributed by atoms with E-state index in [2.05, 4.69) is 31.2 Å². The Bertz CT molecular complexity index is 1020. The Morgan fingerprint density at radius 2 is 1.97 bits per heavy atom. The number of Topliss-reactive ketones (excluding diaryl/α,β-unsaturated/α-hetero) is 1. The zero-order valence-electron chi connectivity index (χ0n) is 19.3. The number of ketones is 2. The van der Waals surface area contributed by atoms with Crippen LogP contribution in [0.25, 0.3) is 0 Å². The Morgan fingerprint density at radius 1 is 1.19 bits per heavy atom. The average Bonchev–Trinajstić information content (AvgIpc) is 3.16. The van der Waals surface area contributed by atoms with Crippen molar-refractivity contribution in [3.63, 3.8) is 0 Å². The lowest BCUT2D eigenvalue weighted by Gasteiger charge is -2.58. The van der Waals surface area contributed by atoms with E-state index in [1.165, 1.54) is 6.92 Å². The van der Waals surface area contributed by atoms with Crippen LogP contribution in [0.5, 0.6) is 0 Å². The van der Waals surface area contributed by atoms with Gasteiger partial charge in [0.25, 0.3) is 0 Å². The number of rotatable bonds is 2. The summed E-state index contributed by atoms with van der Waals surface area (Å²) < 4.78 is 12.4. The molecule has 1 aliphatic heterocycles. The van der Waals surface area contributed by atoms with Gasteiger partial charge in [-0.15, -0.1) is 0 Å². The topological polar surface area (TPSA) is 73.0 Å². The number of allylic oxidation sites excluding steroid dienone is 6. The number of epoxide rings is 1. The molecule has 0 N–H and O–H groups in total. The highest BCUT2D eigenvalue weighted by atomic mass is 16.6. The largest absolute Gasteiger partial charge is 0.462 e. The van der Waals surface area contributed by atoms with Crippen molar-refractivity contribution in [2.75, 3.05) is 0 Å². The number of ether oxygens (including phenoxy) is 2. The number of carbonyl (C=O) groups excluding carboxylic acids is 3. The van der Waals surface area contributed by atoms with E-state index >= 15 is 0 Å². The molecule has 5 nitrogen and oxygen atoms in total. The molecule has 0 radical (unpaired) electrons. The Hall–Kier alpha value is -2.01. The smallest absolute Gasteiger partial charge is 0.302 e. The molecule has 4 fully saturated rings. The van der Waals surface area contributed by atoms with Gasteiger partial charge in [0.1, 0.15) is 17.8 Å². The summed E-state index contributed by atoms with van der Waals surface area (Å²) >= 11 is 0. The molecular weight excluding hydrogens is 404 g/mol. The molecule has 6 rings (SSSR count). The van der Waals surface area contributed by atoms with Crippen molar-refractivity contribution in [2.24, 2.45) is 40.4 Å². The van der Waals surface area contributed by atoms with Crippen LogP contribution in [-0.4, -0.2) is 35.3 Å². The quantitative estimate of drug-likeness (QED) is 0.484. The van der Waals surface area contributed by atoms with Gasteiger partial charge in [0.05, 0.1) is 5.92 Å². The highest BCUT2D eigenvalue weighted by Crippen LogP contribution is 2.75. The molecule has 170 valence electrons. The predicted octanol–water partition coefficient (Wildman–Crippen LogP) is 3.97. The van der Waals surface area contributed by atoms with E-state index in [1.54, 1.807) is 6.08 Å². The third kappa shape index (κ3) is 2.31. The van der Waals surface area contributed by atoms with Gasteiger partial charge in [-0.05, 0) is 55.1 Å². The molecule has 9 atom stereocenters. The highest BCUT2D eigenvalue weighted by molar-refractivity contribution is 5.97. The van der Waals surface area contributed by atoms with Gasteiger partial charge in [-0.3, -0.25) is 14.4 Å². The minimum atomic E-state index is -0.570. The molecule has 3 saturated carbocycles. The van der Waals surface area contributed by atoms with E-state index < -0.39 is 17.1 Å². The van der Waals surface area contributed by atoms with Gasteiger partial charge in [0.2, 0.25) is 0 Å². The molecule has 0 bridgehead atoms. The lowest BCUT2D eigenvalue weighted by Crippen LogP contribution is -2.61. The first-order chi connectivity index (χ1) is 15.1. The molecule has 0 aromatic heterocycles. The van der Waals surface area contributed by atoms with Gasteiger partial charge in [-0.1, -0.05) is 45.1 Å². The van der Waals surface area contributed by atoms with Crippen LogP contribution in [0.3, 0.4) is 0 Å². The number of fused-ring (bicyclic) bond motifs is 3. The summed E-state index contributed by atoms with van der Waals surface area (Å²) in [5.41, 5.74) is -0.225. The fraction of sp³-hybridized carbons (Fsp3) is 0.667. The minimum absolute atomic E-state index is 0.0232. The minimum Gasteiger partial charge on any atom is -0.462 e. The monoisotopic (exact) mass is 436 g/mol. The van der Waals surface area contributed by atoms with Gasteiger partial charge >= 0.3 is 5.97 Å². The molecule has 32 heavy (non-hydrogen) atoms. The number of hydrogen-bond acceptors (Lipinski definition) is 5. The summed E-state index contributed by atoms with van der Waals surface area (Å²) in [7, 11) is 0. The second-order valence-corrected chi connectivity index (χ2v) is 11.6. The van der Waals surface area contributed by atoms with E-state index in [-0.39, 0.29) is 58.6 Å². The maximum atomic E-state index is 13.6. The van der Waals surface area contributed by atoms with Crippen LogP contribution in [0.15, 0.2) is 36.0 Å². The zero-order valence-corrected chi connectivity index (χ0v) is 19.3. The summed E-state index contributed by atoms with van der Waals surface area (Å²) in [6.45, 7) is 7.74. The van der Waals surface area contributed by atoms with Crippen molar-refractivity contribution in [3.05, 3.63) is 36.0 Å². The maximum Gasteiger partial charge on any atom is 0.302 e. The molecule has 6 aliphatic rings. The van der Waals surface area contributed by atoms with Gasteiger partial charge in [-0.2, -0.15) is 0 Å². The van der Waals surface area contributed by atoms with Crippen LogP contribution < -0.4 is 0 Å². The average molecular weight is 437 g/mol. The SMILES string of the molecule is CC(=O)O[C@@H]1C[C@@H]2C(C=CC(=O)C2(C)C)[C@H]2CC[C@@]3(C)[C@H](C4=CCC=C4)C(=O)[C@H]4O[C@]43C21. The number of carbonyl (C=O) groups is 3. The summed E-state index contributed by atoms with van der Waals surface area (Å²) in [4.78, 5) is 38.5. The van der Waals surface area contributed by atoms with Crippen molar-refractivity contribution in [1.82, 2.24) is 0 Å². The van der Waals surface area contributed by atoms with E-state index in [0.29, 0.717) is 6.42 Å². The molecular formula is C27H32O5. The maximum absolute atomic E-state index is 13.6. The highest BCUT2D eigenvalue weighted by Gasteiger charge is 2.85. The first kappa shape index (κ1) is 20.6. The lowest BCUT2D eigenvalue weighted by molar-refractivity contribution is -0.180. The third-order valence-electron chi connectivity index (χ3n) is 10.00. The van der Waals surface area contributed by atoms with Gasteiger partial charge in [0.15, 0.2) is 11.6 Å². The summed E-state index contributed by atoms with van der Waals surface area (Å²) in [6, 6.07) is 0. The van der Waals surface area contributed by atoms with Crippen LogP contribution in [0, 0.1) is 40.4 Å². The van der Waals surface area contributed by atoms with Crippen LogP contribution in [0.2, 0.25) is 0 Å². The van der Waals surface area contributed by atoms with E-state index in [4.69, 9.17) is 9.47 Å². The summed E-state index contributed by atoms with van der Waals surface area (Å²) in [5.74, 6) is 0.477. The normalized spacial score (nSPS) is 49.6. The van der Waals surface area contributed by atoms with E-state index in [1.807, 2.05) is 13.8 Å². The Labute approximate surface area is 189 Å². The first-order valence-electron chi connectivity index (χ1n) is 12.1. The fourth-order valence-corrected chi connectivity index (χ4v) is 8.54. The van der Waals surface area contributed by atoms with Gasteiger partial charge in [-0.25, -0.2) is 0 Å². The zero-order chi connectivity index (χ0) is 22.6. The van der Waals surface area contributed by atoms with Crippen molar-refractivity contribution in [1.29, 1.82) is 0 Å². The second-order valence-electron chi connectivity index (χ2n) is 11.6. The molecule has 0 amide bonds. The van der Waals surface area contributed by atoms with Crippen LogP contribution in [-0.2, 0) is 23.9 Å². The predicted molar refractivity (Wildman–Crippen MR) is 117 cm³/mol. The molecule has 2 unspecified atom stereocenters. The van der Waals surface area contributed by atoms with Crippen LogP contribution >= 0.6 is 0 Å². The molecule has 5 heteroatoms. The molecule has 1 saturated heterocycles. The number of esters is 1. The fourth-order valence-electron chi connectivity index (χ4n) is 8.54. The third-order valence-corrected chi connectivity index (χ3v) is 10.00. The molecule has 1 heterocycles. The van der Waals surface area contributed by atoms with Crippen LogP contribution in [0.4, 0.5) is 0 Å². The van der Waals surface area contributed by atoms with Gasteiger partial charge < -0.3 is 9.47 Å². The molecule has 0 aromatic carbocycles. The van der Waals surface area contributed by atoms with Crippen molar-refractivity contribution in [2.45, 2.75) is 71.2 Å². The molecule has 0 aromatic rings. The Balaban J connectivity index is 1.46. The van der Waals surface area contributed by atoms with E-state index in [9.17, 15) is 14.4 Å². The molecule has 5 aliphatic carbocycles. The standard InChI is InChI=1S/C27H32O5/c1-14(28)31-19-13-18-16(9-10-20(29)25(18,2)3)17-11-12-26(4)21(15-7-5-6-8-15)23(30)24-27(26,32-24)22(17)19/h5,7-10,16-19,21-22,24H,6,11-13H2,1-4H3/t16?,17-,18-,19-,21-,22?,24-,26+,27-/m1/s1. The first-order valence-corrected chi connectivity index (χ1v) is 12.1. The van der Waals surface area contributed by atoms with Crippen LogP contribution in [0.1, 0.15) is 53.4 Å². The van der Waals surface area contributed by atoms with Gasteiger partial charge in [0, 0.05) is 23.7 Å². The Kier molecular flexibility index (Phi) is 4.06. The van der Waals surface area contributed by atoms with Crippen molar-refractivity contribution in [3.8, 4) is 0 Å².